The van der Waals surface area contributed by atoms with Gasteiger partial charge in [-0.3, -0.25) is 14.4 Å². The fraction of sp³-hybridized carbons (Fsp3) is 0.286. The van der Waals surface area contributed by atoms with Crippen molar-refractivity contribution in [2.24, 2.45) is 14.1 Å². The number of aryl methyl sites for hydroxylation is 2. The first-order chi connectivity index (χ1) is 13.8. The maximum Gasteiger partial charge on any atom is 0.316 e. The number of hydrogen-bond donors (Lipinski definition) is 1. The fourth-order valence-electron chi connectivity index (χ4n) is 3.37. The molecule has 0 spiro atoms. The highest BCUT2D eigenvalue weighted by molar-refractivity contribution is 6.34. The predicted octanol–water partition coefficient (Wildman–Crippen LogP) is 2.99. The van der Waals surface area contributed by atoms with E-state index in [1.807, 2.05) is 19.9 Å². The molecule has 0 aliphatic heterocycles. The zero-order valence-corrected chi connectivity index (χ0v) is 17.6. The van der Waals surface area contributed by atoms with Crippen LogP contribution in [0.25, 0.3) is 11.0 Å². The molecule has 0 unspecified atom stereocenters. The van der Waals surface area contributed by atoms with Gasteiger partial charge in [-0.05, 0) is 38.1 Å². The average Bonchev–Trinajstić information content (AvgIpc) is 2.72. The van der Waals surface area contributed by atoms with Gasteiger partial charge in [-0.2, -0.15) is 0 Å². The zero-order chi connectivity index (χ0) is 21.3. The molecule has 7 nitrogen and oxygen atoms in total. The number of carbonyl (C=O) groups excluding carboxylic acids is 1. The third-order valence-corrected chi connectivity index (χ3v) is 5.41. The topological polar surface area (TPSA) is 76.3 Å². The number of hydrogen-bond acceptors (Lipinski definition) is 4. The molecule has 0 radical (unpaired) electrons. The molecule has 1 N–H and O–H groups in total. The van der Waals surface area contributed by atoms with Crippen LogP contribution >= 0.6 is 11.6 Å². The molecule has 0 saturated carbocycles. The van der Waals surface area contributed by atoms with Crippen molar-refractivity contribution in [3.63, 3.8) is 0 Å². The molecule has 152 valence electrons. The van der Waals surface area contributed by atoms with Crippen molar-refractivity contribution in [3.8, 4) is 0 Å². The maximum atomic E-state index is 12.9. The largest absolute Gasteiger partial charge is 0.370 e. The van der Waals surface area contributed by atoms with Crippen molar-refractivity contribution in [1.29, 1.82) is 0 Å². The van der Waals surface area contributed by atoms with E-state index in [1.54, 1.807) is 44.4 Å². The first-order valence-electron chi connectivity index (χ1n) is 9.34. The van der Waals surface area contributed by atoms with Crippen LogP contribution in [0.1, 0.15) is 24.2 Å². The molecule has 1 aromatic heterocycles. The minimum absolute atomic E-state index is 0.349. The van der Waals surface area contributed by atoms with Gasteiger partial charge >= 0.3 is 11.1 Å². The lowest BCUT2D eigenvalue weighted by Crippen LogP contribution is -2.39. The van der Waals surface area contributed by atoms with Crippen LogP contribution in [0.5, 0.6) is 0 Å². The van der Waals surface area contributed by atoms with Gasteiger partial charge in [-0.25, -0.2) is 0 Å². The van der Waals surface area contributed by atoms with Crippen LogP contribution in [-0.2, 0) is 14.1 Å². The molecule has 1 amide bonds. The number of aromatic nitrogens is 2. The Labute approximate surface area is 173 Å². The van der Waals surface area contributed by atoms with Crippen LogP contribution in [-0.4, -0.2) is 28.1 Å². The maximum absolute atomic E-state index is 12.9. The molecule has 8 heteroatoms. The van der Waals surface area contributed by atoms with Gasteiger partial charge in [0.1, 0.15) is 0 Å². The Balaban J connectivity index is 2.25. The molecule has 1 heterocycles. The van der Waals surface area contributed by atoms with Crippen molar-refractivity contribution in [1.82, 2.24) is 9.13 Å². The second-order valence-corrected chi connectivity index (χ2v) is 7.10. The van der Waals surface area contributed by atoms with E-state index in [9.17, 15) is 14.4 Å². The smallest absolute Gasteiger partial charge is 0.316 e. The Bertz CT molecular complexity index is 1210. The van der Waals surface area contributed by atoms with Crippen molar-refractivity contribution in [2.75, 3.05) is 23.3 Å². The van der Waals surface area contributed by atoms with Crippen molar-refractivity contribution in [3.05, 3.63) is 67.7 Å². The number of amides is 1. The summed E-state index contributed by atoms with van der Waals surface area (Å²) in [6.45, 7) is 5.42. The van der Waals surface area contributed by atoms with Gasteiger partial charge in [-0.1, -0.05) is 23.7 Å². The highest BCUT2D eigenvalue weighted by Crippen LogP contribution is 2.31. The molecule has 29 heavy (non-hydrogen) atoms. The summed E-state index contributed by atoms with van der Waals surface area (Å²) in [6.07, 6.45) is 0. The Kier molecular flexibility index (Phi) is 5.79. The van der Waals surface area contributed by atoms with E-state index in [0.717, 1.165) is 5.69 Å². The van der Waals surface area contributed by atoms with Gasteiger partial charge in [0.05, 0.1) is 33.0 Å². The van der Waals surface area contributed by atoms with E-state index in [4.69, 9.17) is 11.6 Å². The van der Waals surface area contributed by atoms with Crippen LogP contribution in [0.3, 0.4) is 0 Å². The van der Waals surface area contributed by atoms with E-state index in [0.29, 0.717) is 40.4 Å². The number of anilines is 2. The van der Waals surface area contributed by atoms with Crippen LogP contribution in [0.2, 0.25) is 5.02 Å². The second-order valence-electron chi connectivity index (χ2n) is 6.69. The molecule has 0 fully saturated rings. The van der Waals surface area contributed by atoms with Crippen LogP contribution in [0.4, 0.5) is 11.4 Å². The van der Waals surface area contributed by atoms with E-state index in [-0.39, 0.29) is 5.91 Å². The van der Waals surface area contributed by atoms with Crippen LogP contribution in [0, 0.1) is 0 Å². The molecule has 0 atom stereocenters. The molecular weight excluding hydrogens is 392 g/mol. The number of carbonyl (C=O) groups is 1. The van der Waals surface area contributed by atoms with Gasteiger partial charge in [-0.15, -0.1) is 0 Å². The van der Waals surface area contributed by atoms with Gasteiger partial charge < -0.3 is 19.4 Å². The summed E-state index contributed by atoms with van der Waals surface area (Å²) in [4.78, 5) is 39.4. The first-order valence-corrected chi connectivity index (χ1v) is 9.72. The second kappa shape index (κ2) is 8.13. The Morgan fingerprint density at radius 2 is 1.55 bits per heavy atom. The van der Waals surface area contributed by atoms with Crippen molar-refractivity contribution < 1.29 is 4.79 Å². The number of benzene rings is 2. The lowest BCUT2D eigenvalue weighted by Gasteiger charge is -2.25. The average molecular weight is 415 g/mol. The minimum Gasteiger partial charge on any atom is -0.370 e. The summed E-state index contributed by atoms with van der Waals surface area (Å²) in [7, 11) is 3.11. The molecule has 0 bridgehead atoms. The summed E-state index contributed by atoms with van der Waals surface area (Å²) in [6, 6.07) is 10.3. The summed E-state index contributed by atoms with van der Waals surface area (Å²) in [5, 5.41) is 3.27. The first kappa shape index (κ1) is 20.7. The van der Waals surface area contributed by atoms with Gasteiger partial charge in [0.15, 0.2) is 0 Å². The number of fused-ring (bicyclic) bond motifs is 1. The van der Waals surface area contributed by atoms with E-state index in [2.05, 4.69) is 10.2 Å². The SMILES string of the molecule is CCN(CC)c1cc2c(cc1NC(=O)c1ccccc1Cl)n(C)c(=O)c(=O)n2C. The summed E-state index contributed by atoms with van der Waals surface area (Å²) < 4.78 is 2.64. The number of halogens is 1. The molecule has 2 aromatic carbocycles. The minimum atomic E-state index is -0.626. The number of nitrogens with zero attached hydrogens (tertiary/aromatic N) is 3. The van der Waals surface area contributed by atoms with E-state index >= 15 is 0 Å². The molecular formula is C21H23ClN4O3. The molecule has 3 rings (SSSR count). The third-order valence-electron chi connectivity index (χ3n) is 5.08. The van der Waals surface area contributed by atoms with Crippen LogP contribution in [0.15, 0.2) is 46.0 Å². The monoisotopic (exact) mass is 414 g/mol. The van der Waals surface area contributed by atoms with Crippen LogP contribution < -0.4 is 21.3 Å². The lowest BCUT2D eigenvalue weighted by atomic mass is 10.1. The van der Waals surface area contributed by atoms with E-state index < -0.39 is 11.1 Å². The molecule has 0 aliphatic carbocycles. The highest BCUT2D eigenvalue weighted by Gasteiger charge is 2.18. The fourth-order valence-corrected chi connectivity index (χ4v) is 3.59. The lowest BCUT2D eigenvalue weighted by molar-refractivity contribution is 0.102. The zero-order valence-electron chi connectivity index (χ0n) is 16.8. The van der Waals surface area contributed by atoms with Gasteiger partial charge in [0.2, 0.25) is 0 Å². The van der Waals surface area contributed by atoms with Crippen molar-refractivity contribution in [2.45, 2.75) is 13.8 Å². The van der Waals surface area contributed by atoms with Crippen molar-refractivity contribution >= 4 is 39.9 Å². The summed E-state index contributed by atoms with van der Waals surface area (Å²) in [5.41, 5.74) is 1.58. The number of nitrogens with one attached hydrogen (secondary N) is 1. The quantitative estimate of drug-likeness (QED) is 0.651. The summed E-state index contributed by atoms with van der Waals surface area (Å²) in [5.74, 6) is -0.349. The number of rotatable bonds is 5. The van der Waals surface area contributed by atoms with Gasteiger partial charge in [0.25, 0.3) is 5.91 Å². The molecule has 0 saturated heterocycles. The highest BCUT2D eigenvalue weighted by atomic mass is 35.5. The van der Waals surface area contributed by atoms with Gasteiger partial charge in [0, 0.05) is 27.2 Å². The molecule has 0 aliphatic rings. The predicted molar refractivity (Wildman–Crippen MR) is 117 cm³/mol. The third kappa shape index (κ3) is 3.65. The molecule has 3 aromatic rings. The Hall–Kier alpha value is -3.06. The normalized spacial score (nSPS) is 10.9. The standard InChI is InChI=1S/C21H23ClN4O3/c1-5-26(6-2)16-12-18-17(24(3)20(28)21(29)25(18)4)11-15(16)23-19(27)13-9-7-8-10-14(13)22/h7-12H,5-6H2,1-4H3,(H,23,27). The summed E-state index contributed by atoms with van der Waals surface area (Å²) >= 11 is 6.17. The van der Waals surface area contributed by atoms with E-state index in [1.165, 1.54) is 9.13 Å². The Morgan fingerprint density at radius 3 is 2.10 bits per heavy atom. The Morgan fingerprint density at radius 1 is 1.00 bits per heavy atom.